The van der Waals surface area contributed by atoms with Crippen molar-refractivity contribution in [2.75, 3.05) is 26.4 Å². The Morgan fingerprint density at radius 3 is 1.43 bits per heavy atom. The lowest BCUT2D eigenvalue weighted by molar-refractivity contribution is 0.138. The number of hydrogen-bond donors (Lipinski definition) is 2. The molecule has 0 aromatic carbocycles. The fraction of sp³-hybridized carbons (Fsp3) is 1.00. The van der Waals surface area contributed by atoms with Crippen molar-refractivity contribution in [3.8, 4) is 0 Å². The number of rotatable bonds is 16. The zero-order valence-electron chi connectivity index (χ0n) is 26.1. The molecule has 0 saturated heterocycles. The molecular formula is C29H64N2O4Si2. The highest BCUT2D eigenvalue weighted by Gasteiger charge is 2.50. The molecule has 6 nitrogen and oxygen atoms in total. The van der Waals surface area contributed by atoms with Crippen LogP contribution in [0.1, 0.15) is 133 Å². The molecule has 0 bridgehead atoms. The summed E-state index contributed by atoms with van der Waals surface area (Å²) in [6.07, 6.45) is 14.1. The van der Waals surface area contributed by atoms with E-state index < -0.39 is 17.4 Å². The third kappa shape index (κ3) is 11.3. The fourth-order valence-electron chi connectivity index (χ4n) is 6.04. The van der Waals surface area contributed by atoms with Crippen molar-refractivity contribution in [1.29, 1.82) is 0 Å². The summed E-state index contributed by atoms with van der Waals surface area (Å²) in [4.78, 5) is 7.52. The van der Waals surface area contributed by atoms with E-state index >= 15 is 0 Å². The molecule has 2 saturated carbocycles. The average molecular weight is 561 g/mol. The van der Waals surface area contributed by atoms with Gasteiger partial charge >= 0.3 is 17.4 Å². The second-order valence-corrected chi connectivity index (χ2v) is 17.1. The molecule has 8 heteroatoms. The van der Waals surface area contributed by atoms with Gasteiger partial charge in [0.1, 0.15) is 0 Å². The van der Waals surface area contributed by atoms with Crippen LogP contribution in [0, 0.1) is 5.92 Å². The topological polar surface area (TPSA) is 61.0 Å². The maximum atomic E-state index is 6.26. The molecule has 0 heterocycles. The van der Waals surface area contributed by atoms with Crippen LogP contribution < -0.4 is 9.96 Å². The quantitative estimate of drug-likeness (QED) is 0.189. The summed E-state index contributed by atoms with van der Waals surface area (Å²) in [7, 11) is -4.52. The van der Waals surface area contributed by atoms with Gasteiger partial charge in [-0.3, -0.25) is 9.96 Å². The van der Waals surface area contributed by atoms with Crippen LogP contribution in [-0.2, 0) is 17.7 Å². The van der Waals surface area contributed by atoms with Crippen LogP contribution in [0.4, 0.5) is 0 Å². The van der Waals surface area contributed by atoms with E-state index in [2.05, 4.69) is 72.3 Å². The first-order chi connectivity index (χ1) is 17.8. The van der Waals surface area contributed by atoms with Crippen molar-refractivity contribution in [2.45, 2.75) is 156 Å². The smallest absolute Gasteiger partial charge is 0.383 e. The Morgan fingerprint density at radius 2 is 1.00 bits per heavy atom. The first kappa shape index (κ1) is 35.2. The molecule has 2 rings (SSSR count). The molecule has 0 spiro atoms. The lowest BCUT2D eigenvalue weighted by Gasteiger charge is -2.43. The molecule has 0 aliphatic heterocycles. The number of hydrogen-bond acceptors (Lipinski definition) is 6. The minimum atomic E-state index is -2.29. The van der Waals surface area contributed by atoms with E-state index in [0.717, 1.165) is 45.2 Å². The average Bonchev–Trinajstić information content (AvgIpc) is 2.90. The second kappa shape index (κ2) is 19.3. The highest BCUT2D eigenvalue weighted by molar-refractivity contribution is 6.67. The Kier molecular flexibility index (Phi) is 18.4. The van der Waals surface area contributed by atoms with Gasteiger partial charge in [0, 0.05) is 49.6 Å². The van der Waals surface area contributed by atoms with Crippen molar-refractivity contribution >= 4 is 17.4 Å². The van der Waals surface area contributed by atoms with E-state index in [1.165, 1.54) is 57.8 Å². The van der Waals surface area contributed by atoms with Gasteiger partial charge < -0.3 is 17.7 Å². The fourth-order valence-corrected chi connectivity index (χ4v) is 14.1. The molecule has 0 amide bonds. The van der Waals surface area contributed by atoms with E-state index in [-0.39, 0.29) is 0 Å². The summed E-state index contributed by atoms with van der Waals surface area (Å²) < 4.78 is 24.9. The SMILES string of the molecule is CCO[Si](NC(C)CC)(OCC)C1CCCCC1.CCO[Si](NC(C)CC)(OCC)C1CCCCC1C. The van der Waals surface area contributed by atoms with Gasteiger partial charge in [-0.25, -0.2) is 0 Å². The largest absolute Gasteiger partial charge is 0.428 e. The third-order valence-corrected chi connectivity index (χ3v) is 16.4. The summed E-state index contributed by atoms with van der Waals surface area (Å²) in [6.45, 7) is 22.7. The Bertz CT molecular complexity index is 554. The molecule has 222 valence electrons. The highest BCUT2D eigenvalue weighted by atomic mass is 28.4. The highest BCUT2D eigenvalue weighted by Crippen LogP contribution is 2.41. The Balaban J connectivity index is 0.000000371. The van der Waals surface area contributed by atoms with Crippen LogP contribution in [0.15, 0.2) is 0 Å². The Labute approximate surface area is 233 Å². The van der Waals surface area contributed by atoms with Crippen LogP contribution in [-0.4, -0.2) is 56.0 Å². The Hall–Kier alpha value is 0.194. The van der Waals surface area contributed by atoms with E-state index in [1.807, 2.05) is 0 Å². The minimum Gasteiger partial charge on any atom is -0.383 e. The molecule has 2 N–H and O–H groups in total. The maximum Gasteiger partial charge on any atom is 0.428 e. The van der Waals surface area contributed by atoms with Crippen molar-refractivity contribution in [2.24, 2.45) is 5.92 Å². The van der Waals surface area contributed by atoms with Gasteiger partial charge in [-0.2, -0.15) is 0 Å². The molecule has 2 fully saturated rings. The molecule has 4 unspecified atom stereocenters. The normalized spacial score (nSPS) is 23.3. The van der Waals surface area contributed by atoms with E-state index in [0.29, 0.717) is 23.2 Å². The molecule has 4 atom stereocenters. The van der Waals surface area contributed by atoms with Crippen LogP contribution >= 0.6 is 0 Å². The molecule has 0 aromatic rings. The first-order valence-corrected chi connectivity index (χ1v) is 19.7. The molecule has 2 aliphatic carbocycles. The summed E-state index contributed by atoms with van der Waals surface area (Å²) >= 11 is 0. The second-order valence-electron chi connectivity index (χ2n) is 11.2. The molecule has 0 radical (unpaired) electrons. The standard InChI is InChI=1S/C15H33NO2Si.C14H31NO2Si/c1-6-14(5)16-19(17-7-2,18-8-3)15-12-10-9-11-13(15)4;1-5-13(4)15-18(16-6-2,17-7-3)14-11-9-8-10-12-14/h13-16H,6-12H2,1-5H3;13-15H,5-12H2,1-4H3. The van der Waals surface area contributed by atoms with Crippen LogP contribution in [0.25, 0.3) is 0 Å². The van der Waals surface area contributed by atoms with Gasteiger partial charge in [0.2, 0.25) is 0 Å². The lowest BCUT2D eigenvalue weighted by atomic mass is 9.90. The predicted octanol–water partition coefficient (Wildman–Crippen LogP) is 7.69. The molecular weight excluding hydrogens is 497 g/mol. The van der Waals surface area contributed by atoms with Crippen LogP contribution in [0.5, 0.6) is 0 Å². The zero-order valence-corrected chi connectivity index (χ0v) is 28.1. The molecule has 37 heavy (non-hydrogen) atoms. The maximum absolute atomic E-state index is 6.26. The summed E-state index contributed by atoms with van der Waals surface area (Å²) in [6, 6.07) is 0.954. The summed E-state index contributed by atoms with van der Waals surface area (Å²) in [5, 5.41) is 0. The van der Waals surface area contributed by atoms with E-state index in [9.17, 15) is 0 Å². The summed E-state index contributed by atoms with van der Waals surface area (Å²) in [5.74, 6) is 0.718. The minimum absolute atomic E-state index is 0.471. The van der Waals surface area contributed by atoms with Gasteiger partial charge in [0.15, 0.2) is 0 Å². The number of nitrogens with one attached hydrogen (secondary N) is 2. The van der Waals surface area contributed by atoms with Crippen LogP contribution in [0.2, 0.25) is 11.1 Å². The zero-order chi connectivity index (χ0) is 27.7. The molecule has 0 aromatic heterocycles. The van der Waals surface area contributed by atoms with E-state index in [1.54, 1.807) is 0 Å². The van der Waals surface area contributed by atoms with Gasteiger partial charge in [-0.15, -0.1) is 0 Å². The van der Waals surface area contributed by atoms with Crippen LogP contribution in [0.3, 0.4) is 0 Å². The first-order valence-electron chi connectivity index (χ1n) is 15.9. The summed E-state index contributed by atoms with van der Waals surface area (Å²) in [5.41, 5.74) is 1.22. The van der Waals surface area contributed by atoms with Crippen molar-refractivity contribution in [3.63, 3.8) is 0 Å². The van der Waals surface area contributed by atoms with Gasteiger partial charge in [-0.05, 0) is 65.7 Å². The van der Waals surface area contributed by atoms with Gasteiger partial charge in [0.25, 0.3) is 0 Å². The van der Waals surface area contributed by atoms with Gasteiger partial charge in [-0.1, -0.05) is 73.1 Å². The van der Waals surface area contributed by atoms with Crippen molar-refractivity contribution in [1.82, 2.24) is 9.96 Å². The van der Waals surface area contributed by atoms with Gasteiger partial charge in [0.05, 0.1) is 0 Å². The van der Waals surface area contributed by atoms with Crippen molar-refractivity contribution < 1.29 is 17.7 Å². The Morgan fingerprint density at radius 1 is 0.595 bits per heavy atom. The molecule has 2 aliphatic rings. The predicted molar refractivity (Wildman–Crippen MR) is 162 cm³/mol. The van der Waals surface area contributed by atoms with E-state index in [4.69, 9.17) is 17.7 Å². The monoisotopic (exact) mass is 560 g/mol. The van der Waals surface area contributed by atoms with Crippen molar-refractivity contribution in [3.05, 3.63) is 0 Å². The lowest BCUT2D eigenvalue weighted by Crippen LogP contribution is -2.63. The third-order valence-electron chi connectivity index (χ3n) is 8.30.